The number of hydrogen-bond acceptors (Lipinski definition) is 5. The molecule has 30 heavy (non-hydrogen) atoms. The van der Waals surface area contributed by atoms with Gasteiger partial charge in [0.1, 0.15) is 18.5 Å². The average molecular weight is 412 g/mol. The standard InChI is InChI=1S/C23H29N3O4/c1-16(27)24-18-8-6-17(7-9-18)12-13-26(2)14-19(28)15-30-22-5-3-4-21-20(22)10-11-23(29)25-21/h3-9,19,28H,10-15H2,1-2H3,(H,24,27)(H,25,29). The molecule has 0 aliphatic carbocycles. The maximum Gasteiger partial charge on any atom is 0.224 e. The van der Waals surface area contributed by atoms with Crippen molar-refractivity contribution in [2.75, 3.05) is 37.4 Å². The van der Waals surface area contributed by atoms with Crippen LogP contribution in [0, 0.1) is 0 Å². The zero-order valence-electron chi connectivity index (χ0n) is 17.5. The van der Waals surface area contributed by atoms with E-state index in [9.17, 15) is 14.7 Å². The summed E-state index contributed by atoms with van der Waals surface area (Å²) >= 11 is 0. The molecule has 0 saturated heterocycles. The van der Waals surface area contributed by atoms with Crippen LogP contribution in [-0.4, -0.2) is 54.7 Å². The summed E-state index contributed by atoms with van der Waals surface area (Å²) in [5.41, 5.74) is 3.73. The van der Waals surface area contributed by atoms with Gasteiger partial charge in [0.2, 0.25) is 11.8 Å². The summed E-state index contributed by atoms with van der Waals surface area (Å²) in [7, 11) is 1.97. The Morgan fingerprint density at radius 2 is 2.00 bits per heavy atom. The molecule has 1 atom stereocenters. The van der Waals surface area contributed by atoms with Crippen LogP contribution < -0.4 is 15.4 Å². The number of fused-ring (bicyclic) bond motifs is 1. The van der Waals surface area contributed by atoms with Crippen LogP contribution in [0.3, 0.4) is 0 Å². The summed E-state index contributed by atoms with van der Waals surface area (Å²) in [6.07, 6.45) is 1.32. The molecular weight excluding hydrogens is 382 g/mol. The largest absolute Gasteiger partial charge is 0.490 e. The van der Waals surface area contributed by atoms with Crippen molar-refractivity contribution >= 4 is 23.2 Å². The Balaban J connectivity index is 1.43. The first kappa shape index (κ1) is 21.8. The number of ether oxygens (including phenoxy) is 1. The summed E-state index contributed by atoms with van der Waals surface area (Å²) in [6, 6.07) is 13.4. The van der Waals surface area contributed by atoms with Crippen LogP contribution in [0.4, 0.5) is 11.4 Å². The van der Waals surface area contributed by atoms with Crippen LogP contribution >= 0.6 is 0 Å². The van der Waals surface area contributed by atoms with Gasteiger partial charge in [0.25, 0.3) is 0 Å². The van der Waals surface area contributed by atoms with Gasteiger partial charge in [-0.2, -0.15) is 0 Å². The Bertz CT molecular complexity index is 883. The highest BCUT2D eigenvalue weighted by molar-refractivity contribution is 5.94. The molecule has 0 saturated carbocycles. The number of aliphatic hydroxyl groups excluding tert-OH is 1. The van der Waals surface area contributed by atoms with Crippen molar-refractivity contribution in [3.63, 3.8) is 0 Å². The highest BCUT2D eigenvalue weighted by Gasteiger charge is 2.19. The number of hydrogen-bond donors (Lipinski definition) is 3. The van der Waals surface area contributed by atoms with Crippen molar-refractivity contribution < 1.29 is 19.4 Å². The Kier molecular flexibility index (Phi) is 7.43. The number of aliphatic hydroxyl groups is 1. The maximum absolute atomic E-state index is 11.5. The molecule has 1 heterocycles. The molecule has 1 aliphatic rings. The van der Waals surface area contributed by atoms with E-state index in [1.54, 1.807) is 0 Å². The number of anilines is 2. The van der Waals surface area contributed by atoms with E-state index < -0.39 is 6.10 Å². The van der Waals surface area contributed by atoms with Crippen molar-refractivity contribution in [1.82, 2.24) is 4.90 Å². The van der Waals surface area contributed by atoms with Gasteiger partial charge in [0.05, 0.1) is 0 Å². The van der Waals surface area contributed by atoms with Crippen LogP contribution in [0.1, 0.15) is 24.5 Å². The fraction of sp³-hybridized carbons (Fsp3) is 0.391. The molecule has 0 aromatic heterocycles. The predicted molar refractivity (Wildman–Crippen MR) is 117 cm³/mol. The molecular formula is C23H29N3O4. The fourth-order valence-corrected chi connectivity index (χ4v) is 3.49. The Morgan fingerprint density at radius 3 is 2.73 bits per heavy atom. The van der Waals surface area contributed by atoms with Crippen molar-refractivity contribution in [2.24, 2.45) is 0 Å². The second-order valence-corrected chi connectivity index (χ2v) is 7.69. The third-order valence-corrected chi connectivity index (χ3v) is 5.02. The van der Waals surface area contributed by atoms with Gasteiger partial charge in [-0.05, 0) is 49.7 Å². The molecule has 0 radical (unpaired) electrons. The first-order valence-electron chi connectivity index (χ1n) is 10.2. The first-order chi connectivity index (χ1) is 14.4. The molecule has 0 fully saturated rings. The number of rotatable bonds is 9. The summed E-state index contributed by atoms with van der Waals surface area (Å²) < 4.78 is 5.85. The summed E-state index contributed by atoms with van der Waals surface area (Å²) in [5.74, 6) is 0.652. The number of benzene rings is 2. The van der Waals surface area contributed by atoms with E-state index in [2.05, 4.69) is 15.5 Å². The summed E-state index contributed by atoms with van der Waals surface area (Å²) in [4.78, 5) is 24.7. The molecule has 0 bridgehead atoms. The molecule has 1 unspecified atom stereocenters. The van der Waals surface area contributed by atoms with Crippen molar-refractivity contribution in [2.45, 2.75) is 32.3 Å². The number of carbonyl (C=O) groups excluding carboxylic acids is 2. The first-order valence-corrected chi connectivity index (χ1v) is 10.2. The van der Waals surface area contributed by atoms with Gasteiger partial charge < -0.3 is 25.4 Å². The molecule has 1 aliphatic heterocycles. The molecule has 2 aromatic carbocycles. The van der Waals surface area contributed by atoms with E-state index >= 15 is 0 Å². The van der Waals surface area contributed by atoms with Gasteiger partial charge in [0.15, 0.2) is 0 Å². The van der Waals surface area contributed by atoms with Crippen LogP contribution in [-0.2, 0) is 22.4 Å². The second-order valence-electron chi connectivity index (χ2n) is 7.69. The van der Waals surface area contributed by atoms with Gasteiger partial charge in [-0.15, -0.1) is 0 Å². The van der Waals surface area contributed by atoms with Crippen molar-refractivity contribution in [3.8, 4) is 5.75 Å². The minimum Gasteiger partial charge on any atom is -0.490 e. The van der Waals surface area contributed by atoms with Gasteiger partial charge in [-0.1, -0.05) is 18.2 Å². The number of likely N-dealkylation sites (N-methyl/N-ethyl adjacent to an activating group) is 1. The van der Waals surface area contributed by atoms with Gasteiger partial charge in [0, 0.05) is 43.4 Å². The molecule has 2 aromatic rings. The Labute approximate surface area is 177 Å². The third-order valence-electron chi connectivity index (χ3n) is 5.02. The Morgan fingerprint density at radius 1 is 1.23 bits per heavy atom. The molecule has 3 rings (SSSR count). The molecule has 160 valence electrons. The van der Waals surface area contributed by atoms with Gasteiger partial charge in [-0.3, -0.25) is 9.59 Å². The third kappa shape index (κ3) is 6.30. The van der Waals surface area contributed by atoms with Crippen molar-refractivity contribution in [1.29, 1.82) is 0 Å². The highest BCUT2D eigenvalue weighted by Crippen LogP contribution is 2.31. The van der Waals surface area contributed by atoms with Crippen LogP contribution in [0.5, 0.6) is 5.75 Å². The van der Waals surface area contributed by atoms with E-state index in [0.29, 0.717) is 25.1 Å². The second kappa shape index (κ2) is 10.2. The van der Waals surface area contributed by atoms with Gasteiger partial charge >= 0.3 is 0 Å². The number of carbonyl (C=O) groups is 2. The highest BCUT2D eigenvalue weighted by atomic mass is 16.5. The van der Waals surface area contributed by atoms with E-state index in [4.69, 9.17) is 4.74 Å². The van der Waals surface area contributed by atoms with Crippen LogP contribution in [0.25, 0.3) is 0 Å². The number of nitrogens with zero attached hydrogens (tertiary/aromatic N) is 1. The molecule has 7 nitrogen and oxygen atoms in total. The average Bonchev–Trinajstić information content (AvgIpc) is 2.71. The lowest BCUT2D eigenvalue weighted by atomic mass is 10.0. The lowest BCUT2D eigenvalue weighted by molar-refractivity contribution is -0.116. The summed E-state index contributed by atoms with van der Waals surface area (Å²) in [6.45, 7) is 2.97. The number of nitrogens with one attached hydrogen (secondary N) is 2. The SMILES string of the molecule is CC(=O)Nc1ccc(CCN(C)CC(O)COc2cccc3c2CCC(=O)N3)cc1. The normalized spacial score (nSPS) is 14.1. The van der Waals surface area contributed by atoms with E-state index in [1.807, 2.05) is 49.5 Å². The molecule has 7 heteroatoms. The fourth-order valence-electron chi connectivity index (χ4n) is 3.49. The smallest absolute Gasteiger partial charge is 0.224 e. The monoisotopic (exact) mass is 411 g/mol. The quantitative estimate of drug-likeness (QED) is 0.590. The molecule has 3 N–H and O–H groups in total. The predicted octanol–water partition coefficient (Wildman–Crippen LogP) is 2.44. The lowest BCUT2D eigenvalue weighted by Crippen LogP contribution is -2.34. The molecule has 0 spiro atoms. The zero-order valence-corrected chi connectivity index (χ0v) is 17.5. The van der Waals surface area contributed by atoms with E-state index in [0.717, 1.165) is 29.9 Å². The van der Waals surface area contributed by atoms with Crippen LogP contribution in [0.2, 0.25) is 0 Å². The minimum atomic E-state index is -0.619. The Hall–Kier alpha value is -2.90. The maximum atomic E-state index is 11.5. The van der Waals surface area contributed by atoms with E-state index in [-0.39, 0.29) is 18.4 Å². The van der Waals surface area contributed by atoms with Crippen molar-refractivity contribution in [3.05, 3.63) is 53.6 Å². The topological polar surface area (TPSA) is 90.9 Å². The zero-order chi connectivity index (χ0) is 21.5. The van der Waals surface area contributed by atoms with Gasteiger partial charge in [-0.25, -0.2) is 0 Å². The molecule has 2 amide bonds. The summed E-state index contributed by atoms with van der Waals surface area (Å²) in [5, 5.41) is 16.0. The lowest BCUT2D eigenvalue weighted by Gasteiger charge is -2.23. The van der Waals surface area contributed by atoms with Crippen LogP contribution in [0.15, 0.2) is 42.5 Å². The minimum absolute atomic E-state index is 0.0195. The number of amides is 2. The van der Waals surface area contributed by atoms with E-state index in [1.165, 1.54) is 12.5 Å².